The van der Waals surface area contributed by atoms with Crippen LogP contribution in [-0.2, 0) is 14.4 Å². The Kier molecular flexibility index (Phi) is 6.35. The van der Waals surface area contributed by atoms with E-state index in [-0.39, 0.29) is 29.9 Å². The molecule has 11 heteroatoms. The third-order valence-electron chi connectivity index (χ3n) is 5.08. The van der Waals surface area contributed by atoms with Gasteiger partial charge in [-0.3, -0.25) is 18.8 Å². The molecule has 0 saturated carbocycles. The summed E-state index contributed by atoms with van der Waals surface area (Å²) >= 11 is 1.23. The van der Waals surface area contributed by atoms with E-state index in [1.54, 1.807) is 16.5 Å². The summed E-state index contributed by atoms with van der Waals surface area (Å²) in [5.74, 6) is -0.356. The quantitative estimate of drug-likeness (QED) is 0.538. The van der Waals surface area contributed by atoms with Crippen LogP contribution < -0.4 is 10.6 Å². The van der Waals surface area contributed by atoms with Gasteiger partial charge in [0.25, 0.3) is 5.78 Å². The van der Waals surface area contributed by atoms with Gasteiger partial charge >= 0.3 is 0 Å². The van der Waals surface area contributed by atoms with E-state index in [9.17, 15) is 14.4 Å². The molecule has 1 fully saturated rings. The highest BCUT2D eigenvalue weighted by Gasteiger charge is 2.34. The van der Waals surface area contributed by atoms with Crippen molar-refractivity contribution in [2.75, 3.05) is 24.2 Å². The van der Waals surface area contributed by atoms with Crippen LogP contribution in [0.1, 0.15) is 17.8 Å². The Morgan fingerprint density at radius 3 is 2.78 bits per heavy atom. The second kappa shape index (κ2) is 9.35. The zero-order chi connectivity index (χ0) is 22.7. The molecule has 3 aromatic rings. The van der Waals surface area contributed by atoms with Crippen LogP contribution in [0.3, 0.4) is 0 Å². The first kappa shape index (κ1) is 21.8. The number of carbonyl (C=O) groups excluding carboxylic acids is 3. The molecule has 3 amide bonds. The Bertz CT molecular complexity index is 1160. The zero-order valence-corrected chi connectivity index (χ0v) is 18.6. The minimum atomic E-state index is -0.859. The fourth-order valence-corrected chi connectivity index (χ4v) is 4.50. The summed E-state index contributed by atoms with van der Waals surface area (Å²) in [6.07, 6.45) is -0.118. The number of aromatic nitrogens is 4. The van der Waals surface area contributed by atoms with Gasteiger partial charge in [0.1, 0.15) is 6.04 Å². The molecule has 1 aromatic carbocycles. The van der Waals surface area contributed by atoms with Gasteiger partial charge in [-0.05, 0) is 32.0 Å². The van der Waals surface area contributed by atoms with Crippen molar-refractivity contribution in [2.24, 2.45) is 0 Å². The van der Waals surface area contributed by atoms with E-state index in [0.717, 1.165) is 11.4 Å². The van der Waals surface area contributed by atoms with Gasteiger partial charge in [0.05, 0.1) is 12.2 Å². The molecule has 1 aliphatic heterocycles. The Morgan fingerprint density at radius 2 is 2.00 bits per heavy atom. The van der Waals surface area contributed by atoms with Crippen LogP contribution in [0.4, 0.5) is 5.69 Å². The molecule has 10 nitrogen and oxygen atoms in total. The summed E-state index contributed by atoms with van der Waals surface area (Å²) in [4.78, 5) is 43.7. The number of thioether (sulfide) groups is 1. The number of nitrogens with zero attached hydrogens (tertiary/aromatic N) is 5. The number of piperazine rings is 1. The highest BCUT2D eigenvalue weighted by molar-refractivity contribution is 7.99. The van der Waals surface area contributed by atoms with Gasteiger partial charge in [-0.25, -0.2) is 4.98 Å². The van der Waals surface area contributed by atoms with Crippen LogP contribution in [0.25, 0.3) is 5.78 Å². The molecule has 2 aromatic heterocycles. The lowest BCUT2D eigenvalue weighted by atomic mass is 10.1. The largest absolute Gasteiger partial charge is 0.353 e. The molecule has 2 N–H and O–H groups in total. The van der Waals surface area contributed by atoms with Gasteiger partial charge in [0, 0.05) is 30.2 Å². The first-order chi connectivity index (χ1) is 15.4. The Hall–Kier alpha value is -3.47. The maximum Gasteiger partial charge on any atom is 0.256 e. The Morgan fingerprint density at radius 1 is 1.22 bits per heavy atom. The maximum atomic E-state index is 13.0. The number of para-hydroxylation sites is 1. The zero-order valence-electron chi connectivity index (χ0n) is 17.7. The van der Waals surface area contributed by atoms with E-state index >= 15 is 0 Å². The summed E-state index contributed by atoms with van der Waals surface area (Å²) in [5.41, 5.74) is 2.39. The summed E-state index contributed by atoms with van der Waals surface area (Å²) in [7, 11) is 0. The normalized spacial score (nSPS) is 16.1. The molecule has 3 heterocycles. The summed E-state index contributed by atoms with van der Waals surface area (Å²) in [6.45, 7) is 4.50. The van der Waals surface area contributed by atoms with Crippen LogP contribution in [0.5, 0.6) is 0 Å². The molecular formula is C21H23N7O3S. The Balaban J connectivity index is 1.43. The fraction of sp³-hybridized carbons (Fsp3) is 0.333. The predicted molar refractivity (Wildman–Crippen MR) is 119 cm³/mol. The number of aryl methyl sites for hydroxylation is 2. The third-order valence-corrected chi connectivity index (χ3v) is 5.99. The van der Waals surface area contributed by atoms with E-state index in [2.05, 4.69) is 25.8 Å². The van der Waals surface area contributed by atoms with Gasteiger partial charge < -0.3 is 15.5 Å². The molecule has 32 heavy (non-hydrogen) atoms. The van der Waals surface area contributed by atoms with Crippen molar-refractivity contribution in [1.82, 2.24) is 29.8 Å². The summed E-state index contributed by atoms with van der Waals surface area (Å²) in [6, 6.07) is 10.0. The van der Waals surface area contributed by atoms with Crippen LogP contribution in [0.2, 0.25) is 0 Å². The van der Waals surface area contributed by atoms with Crippen LogP contribution >= 0.6 is 11.8 Å². The fourth-order valence-electron chi connectivity index (χ4n) is 3.63. The standard InChI is InChI=1S/C21H23N7O3S/c1-13-10-14(2)28-20(23-13)25-26-21(28)32-12-18(30)27-9-8-22-19(31)16(27)11-17(29)24-15-6-4-3-5-7-15/h3-7,10,16H,8-9,11-12H2,1-2H3,(H,22,31)(H,24,29)/t16-/m0/s1. The van der Waals surface area contributed by atoms with Crippen molar-refractivity contribution < 1.29 is 14.4 Å². The molecule has 4 rings (SSSR count). The van der Waals surface area contributed by atoms with Gasteiger partial charge in [0.15, 0.2) is 5.16 Å². The Labute approximate surface area is 188 Å². The number of carbonyl (C=O) groups is 3. The van der Waals surface area contributed by atoms with Crippen molar-refractivity contribution in [3.05, 3.63) is 47.8 Å². The van der Waals surface area contributed by atoms with Gasteiger partial charge in [-0.1, -0.05) is 30.0 Å². The van der Waals surface area contributed by atoms with E-state index < -0.39 is 6.04 Å². The van der Waals surface area contributed by atoms with E-state index in [0.29, 0.717) is 29.7 Å². The maximum absolute atomic E-state index is 13.0. The number of rotatable bonds is 6. The number of anilines is 1. The van der Waals surface area contributed by atoms with Crippen molar-refractivity contribution in [3.63, 3.8) is 0 Å². The molecule has 1 aliphatic rings. The van der Waals surface area contributed by atoms with Crippen molar-refractivity contribution in [1.29, 1.82) is 0 Å². The smallest absolute Gasteiger partial charge is 0.256 e. The highest BCUT2D eigenvalue weighted by Crippen LogP contribution is 2.20. The van der Waals surface area contributed by atoms with Crippen LogP contribution in [0.15, 0.2) is 41.6 Å². The predicted octanol–water partition coefficient (Wildman–Crippen LogP) is 1.19. The SMILES string of the molecule is Cc1cc(C)n2c(SCC(=O)N3CCNC(=O)[C@@H]3CC(=O)Nc3ccccc3)nnc2n1. The molecule has 0 spiro atoms. The van der Waals surface area contributed by atoms with Crippen LogP contribution in [0, 0.1) is 13.8 Å². The average molecular weight is 454 g/mol. The highest BCUT2D eigenvalue weighted by atomic mass is 32.2. The topological polar surface area (TPSA) is 122 Å². The number of hydrogen-bond acceptors (Lipinski definition) is 7. The van der Waals surface area contributed by atoms with Gasteiger partial charge in [-0.15, -0.1) is 10.2 Å². The number of nitrogens with one attached hydrogen (secondary N) is 2. The van der Waals surface area contributed by atoms with E-state index in [4.69, 9.17) is 0 Å². The first-order valence-electron chi connectivity index (χ1n) is 10.2. The number of amides is 3. The van der Waals surface area contributed by atoms with Gasteiger partial charge in [-0.2, -0.15) is 0 Å². The minimum absolute atomic E-state index is 0.0677. The monoisotopic (exact) mass is 453 g/mol. The minimum Gasteiger partial charge on any atom is -0.353 e. The number of hydrogen-bond donors (Lipinski definition) is 2. The van der Waals surface area contributed by atoms with Gasteiger partial charge in [0.2, 0.25) is 17.7 Å². The van der Waals surface area contributed by atoms with E-state index in [1.165, 1.54) is 16.7 Å². The molecule has 1 saturated heterocycles. The molecule has 0 bridgehead atoms. The van der Waals surface area contributed by atoms with Crippen molar-refractivity contribution >= 4 is 40.9 Å². The summed E-state index contributed by atoms with van der Waals surface area (Å²) in [5, 5.41) is 14.3. The number of benzene rings is 1. The lowest BCUT2D eigenvalue weighted by Crippen LogP contribution is -2.58. The molecular weight excluding hydrogens is 430 g/mol. The second-order valence-electron chi connectivity index (χ2n) is 7.46. The molecule has 0 radical (unpaired) electrons. The van der Waals surface area contributed by atoms with Crippen LogP contribution in [-0.4, -0.2) is 67.1 Å². The van der Waals surface area contributed by atoms with Crippen molar-refractivity contribution in [2.45, 2.75) is 31.5 Å². The molecule has 166 valence electrons. The molecule has 0 aliphatic carbocycles. The van der Waals surface area contributed by atoms with E-state index in [1.807, 2.05) is 38.1 Å². The lowest BCUT2D eigenvalue weighted by molar-refractivity contribution is -0.142. The summed E-state index contributed by atoms with van der Waals surface area (Å²) < 4.78 is 1.79. The van der Waals surface area contributed by atoms with Crippen molar-refractivity contribution in [3.8, 4) is 0 Å². The molecule has 0 unspecified atom stereocenters. The average Bonchev–Trinajstić information content (AvgIpc) is 3.17. The number of fused-ring (bicyclic) bond motifs is 1. The lowest BCUT2D eigenvalue weighted by Gasteiger charge is -2.34. The second-order valence-corrected chi connectivity index (χ2v) is 8.40. The molecule has 1 atom stereocenters. The third kappa shape index (κ3) is 4.72. The first-order valence-corrected chi connectivity index (χ1v) is 11.1.